The molecule has 1 atom stereocenters. The Labute approximate surface area is 192 Å². The highest BCUT2D eigenvalue weighted by atomic mass is 35.5. The maximum absolute atomic E-state index is 13.2. The smallest absolute Gasteiger partial charge is 0.327 e. The highest BCUT2D eigenvalue weighted by molar-refractivity contribution is 6.30. The van der Waals surface area contributed by atoms with Crippen LogP contribution in [0.15, 0.2) is 18.2 Å². The number of benzene rings is 1. The van der Waals surface area contributed by atoms with Gasteiger partial charge in [0.2, 0.25) is 5.91 Å². The third kappa shape index (κ3) is 4.20. The van der Waals surface area contributed by atoms with E-state index in [1.54, 1.807) is 25.7 Å². The normalized spacial score (nSPS) is 22.8. The van der Waals surface area contributed by atoms with Gasteiger partial charge in [0.1, 0.15) is 5.54 Å². The highest BCUT2D eigenvalue weighted by Crippen LogP contribution is 2.45. The molecule has 1 saturated heterocycles. The average Bonchev–Trinajstić information content (AvgIpc) is 3.44. The Bertz CT molecular complexity index is 984. The van der Waals surface area contributed by atoms with E-state index in [-0.39, 0.29) is 24.7 Å². The second kappa shape index (κ2) is 8.06. The molecular formula is C23H28ClN3O5. The third-order valence-corrected chi connectivity index (χ3v) is 6.63. The Morgan fingerprint density at radius 1 is 1.19 bits per heavy atom. The van der Waals surface area contributed by atoms with Gasteiger partial charge in [-0.1, -0.05) is 17.7 Å². The number of fused-ring (bicyclic) bond motifs is 1. The summed E-state index contributed by atoms with van der Waals surface area (Å²) in [4.78, 5) is 53.5. The van der Waals surface area contributed by atoms with Gasteiger partial charge in [-0.3, -0.25) is 14.4 Å². The summed E-state index contributed by atoms with van der Waals surface area (Å²) >= 11 is 6.05. The van der Waals surface area contributed by atoms with Crippen molar-refractivity contribution in [3.63, 3.8) is 0 Å². The first-order valence-corrected chi connectivity index (χ1v) is 11.3. The Morgan fingerprint density at radius 2 is 1.88 bits per heavy atom. The molecule has 1 aromatic rings. The van der Waals surface area contributed by atoms with Crippen molar-refractivity contribution in [2.24, 2.45) is 11.3 Å². The van der Waals surface area contributed by atoms with Crippen LogP contribution in [0.3, 0.4) is 0 Å². The first-order chi connectivity index (χ1) is 15.0. The second-order valence-electron chi connectivity index (χ2n) is 9.88. The summed E-state index contributed by atoms with van der Waals surface area (Å²) < 4.78 is 5.20. The molecule has 1 unspecified atom stereocenters. The fourth-order valence-electron chi connectivity index (χ4n) is 4.33. The fraction of sp³-hybridized carbons (Fsp3) is 0.565. The Kier molecular flexibility index (Phi) is 5.69. The molecule has 1 aromatic carbocycles. The monoisotopic (exact) mass is 461 g/mol. The van der Waals surface area contributed by atoms with E-state index in [1.807, 2.05) is 18.2 Å². The van der Waals surface area contributed by atoms with Crippen molar-refractivity contribution in [2.45, 2.75) is 65.1 Å². The molecule has 4 amide bonds. The van der Waals surface area contributed by atoms with Gasteiger partial charge in [-0.05, 0) is 69.2 Å². The largest absolute Gasteiger partial charge is 0.443 e. The van der Waals surface area contributed by atoms with Crippen LogP contribution in [0.5, 0.6) is 0 Å². The number of hydrogen-bond donors (Lipinski definition) is 1. The molecule has 32 heavy (non-hydrogen) atoms. The number of imide groups is 1. The minimum atomic E-state index is -1.11. The number of esters is 1. The molecule has 0 radical (unpaired) electrons. The van der Waals surface area contributed by atoms with E-state index in [1.165, 1.54) is 0 Å². The molecule has 0 spiro atoms. The molecule has 2 aliphatic heterocycles. The Hall–Kier alpha value is -2.61. The number of hydrogen-bond acceptors (Lipinski definition) is 5. The van der Waals surface area contributed by atoms with Gasteiger partial charge in [0.15, 0.2) is 6.73 Å². The van der Waals surface area contributed by atoms with Gasteiger partial charge in [-0.2, -0.15) is 0 Å². The minimum Gasteiger partial charge on any atom is -0.443 e. The number of carbonyl (C=O) groups excluding carboxylic acids is 4. The highest BCUT2D eigenvalue weighted by Gasteiger charge is 2.59. The number of amides is 4. The third-order valence-electron chi connectivity index (χ3n) is 6.39. The molecule has 1 saturated carbocycles. The number of nitrogens with one attached hydrogen (secondary N) is 1. The zero-order chi connectivity index (χ0) is 23.3. The predicted molar refractivity (Wildman–Crippen MR) is 116 cm³/mol. The summed E-state index contributed by atoms with van der Waals surface area (Å²) in [5.74, 6) is -0.997. The van der Waals surface area contributed by atoms with Crippen LogP contribution in [0.4, 0.5) is 4.79 Å². The number of urea groups is 1. The SMILES string of the molecule is CC(C)(C)C(=O)OCN1C(=O)NC(CCC(=O)N2Cc3ccc(Cl)cc3C2)(C2CC2)C1=O. The standard InChI is InChI=1S/C23H28ClN3O5/c1-22(2,3)20(30)32-13-27-19(29)23(16-5-6-16,25-21(27)31)9-8-18(28)26-11-14-4-7-17(24)10-15(14)12-26/h4,7,10,16H,5-6,8-9,11-13H2,1-3H3,(H,25,31). The first kappa shape index (κ1) is 22.6. The van der Waals surface area contributed by atoms with Crippen LogP contribution in [0, 0.1) is 11.3 Å². The number of rotatable bonds is 6. The number of carbonyl (C=O) groups is 4. The van der Waals surface area contributed by atoms with Crippen molar-refractivity contribution in [3.8, 4) is 0 Å². The Balaban J connectivity index is 1.40. The average molecular weight is 462 g/mol. The van der Waals surface area contributed by atoms with Crippen LogP contribution in [-0.2, 0) is 32.2 Å². The van der Waals surface area contributed by atoms with E-state index in [2.05, 4.69) is 5.32 Å². The Morgan fingerprint density at radius 3 is 2.53 bits per heavy atom. The van der Waals surface area contributed by atoms with Gasteiger partial charge in [0, 0.05) is 24.5 Å². The molecule has 172 valence electrons. The van der Waals surface area contributed by atoms with Crippen LogP contribution in [0.2, 0.25) is 5.02 Å². The summed E-state index contributed by atoms with van der Waals surface area (Å²) in [6, 6.07) is 5.02. The molecule has 4 rings (SSSR count). The maximum atomic E-state index is 13.2. The quantitative estimate of drug-likeness (QED) is 0.518. The van der Waals surface area contributed by atoms with Crippen LogP contribution in [0.1, 0.15) is 57.6 Å². The van der Waals surface area contributed by atoms with E-state index < -0.39 is 35.6 Å². The van der Waals surface area contributed by atoms with E-state index in [0.717, 1.165) is 28.9 Å². The van der Waals surface area contributed by atoms with Crippen LogP contribution in [-0.4, -0.2) is 45.9 Å². The molecule has 0 bridgehead atoms. The molecule has 3 aliphatic rings. The summed E-state index contributed by atoms with van der Waals surface area (Å²) in [5, 5.41) is 3.46. The lowest BCUT2D eigenvalue weighted by Crippen LogP contribution is -2.50. The lowest BCUT2D eigenvalue weighted by Gasteiger charge is -2.27. The zero-order valence-electron chi connectivity index (χ0n) is 18.6. The van der Waals surface area contributed by atoms with Crippen molar-refractivity contribution in [3.05, 3.63) is 34.3 Å². The summed E-state index contributed by atoms with van der Waals surface area (Å²) in [6.07, 6.45) is 1.98. The summed E-state index contributed by atoms with van der Waals surface area (Å²) in [7, 11) is 0. The van der Waals surface area contributed by atoms with Gasteiger partial charge in [-0.25, -0.2) is 9.69 Å². The van der Waals surface area contributed by atoms with Crippen LogP contribution < -0.4 is 5.32 Å². The maximum Gasteiger partial charge on any atom is 0.327 e. The fourth-order valence-corrected chi connectivity index (χ4v) is 4.52. The van der Waals surface area contributed by atoms with E-state index in [4.69, 9.17) is 16.3 Å². The number of halogens is 1. The predicted octanol–water partition coefficient (Wildman–Crippen LogP) is 3.21. The molecular weight excluding hydrogens is 434 g/mol. The number of ether oxygens (including phenoxy) is 1. The van der Waals surface area contributed by atoms with Gasteiger partial charge in [0.25, 0.3) is 5.91 Å². The van der Waals surface area contributed by atoms with Crippen LogP contribution in [0.25, 0.3) is 0 Å². The van der Waals surface area contributed by atoms with Crippen molar-refractivity contribution >= 4 is 35.4 Å². The molecule has 8 nitrogen and oxygen atoms in total. The van der Waals surface area contributed by atoms with Gasteiger partial charge in [-0.15, -0.1) is 0 Å². The van der Waals surface area contributed by atoms with Crippen molar-refractivity contribution in [2.75, 3.05) is 6.73 Å². The zero-order valence-corrected chi connectivity index (χ0v) is 19.3. The van der Waals surface area contributed by atoms with E-state index in [9.17, 15) is 19.2 Å². The molecule has 1 aliphatic carbocycles. The van der Waals surface area contributed by atoms with Gasteiger partial charge in [0.05, 0.1) is 5.41 Å². The topological polar surface area (TPSA) is 96.0 Å². The van der Waals surface area contributed by atoms with E-state index in [0.29, 0.717) is 18.1 Å². The van der Waals surface area contributed by atoms with Gasteiger partial charge >= 0.3 is 12.0 Å². The lowest BCUT2D eigenvalue weighted by molar-refractivity contribution is -0.158. The van der Waals surface area contributed by atoms with Crippen molar-refractivity contribution in [1.82, 2.24) is 15.1 Å². The molecule has 2 fully saturated rings. The number of nitrogens with zero attached hydrogens (tertiary/aromatic N) is 2. The lowest BCUT2D eigenvalue weighted by atomic mass is 9.87. The molecule has 0 aromatic heterocycles. The summed E-state index contributed by atoms with van der Waals surface area (Å²) in [6.45, 7) is 5.67. The molecule has 1 N–H and O–H groups in total. The van der Waals surface area contributed by atoms with Crippen molar-refractivity contribution < 1.29 is 23.9 Å². The minimum absolute atomic E-state index is 0.00958. The van der Waals surface area contributed by atoms with Crippen molar-refractivity contribution in [1.29, 1.82) is 0 Å². The summed E-state index contributed by atoms with van der Waals surface area (Å²) in [5.41, 5.74) is 0.240. The second-order valence-corrected chi connectivity index (χ2v) is 10.3. The van der Waals surface area contributed by atoms with E-state index >= 15 is 0 Å². The molecule has 2 heterocycles. The van der Waals surface area contributed by atoms with Crippen LogP contribution >= 0.6 is 11.6 Å². The molecule has 9 heteroatoms. The van der Waals surface area contributed by atoms with Gasteiger partial charge < -0.3 is 15.0 Å². The first-order valence-electron chi connectivity index (χ1n) is 10.9.